The molecular weight excluding hydrogens is 485 g/mol. The molecule has 1 atom stereocenters. The van der Waals surface area contributed by atoms with E-state index in [1.165, 1.54) is 12.3 Å². The standard InChI is InChI=1S/C26H29ClFN5O3/c27-20-5-4-19(23(28)12-20)17-36-26-3-1-2-24(31-26)18-6-9-32(10-7-18)16-25-29-13-21(14-30-34)33(25)15-22-8-11-35-22/h1-5,12-14,18,22,34H,6-11,15-17H2. The van der Waals surface area contributed by atoms with Gasteiger partial charge < -0.3 is 19.2 Å². The topological polar surface area (TPSA) is 85.0 Å². The first kappa shape index (κ1) is 24.7. The van der Waals surface area contributed by atoms with Gasteiger partial charge in [-0.1, -0.05) is 28.9 Å². The Morgan fingerprint density at radius 2 is 2.06 bits per heavy atom. The lowest BCUT2D eigenvalue weighted by Gasteiger charge is -2.32. The van der Waals surface area contributed by atoms with Crippen molar-refractivity contribution < 1.29 is 19.1 Å². The fourth-order valence-electron chi connectivity index (χ4n) is 4.68. The minimum atomic E-state index is -0.386. The SMILES string of the molecule is ON=Cc1cnc(CN2CCC(c3cccc(OCc4ccc(Cl)cc4F)n3)CC2)n1CC1CCO1. The predicted molar refractivity (Wildman–Crippen MR) is 133 cm³/mol. The summed E-state index contributed by atoms with van der Waals surface area (Å²) in [7, 11) is 0. The number of ether oxygens (including phenoxy) is 2. The number of imidazole rings is 1. The van der Waals surface area contributed by atoms with E-state index in [0.29, 0.717) is 28.9 Å². The highest BCUT2D eigenvalue weighted by Gasteiger charge is 2.25. The Morgan fingerprint density at radius 3 is 2.78 bits per heavy atom. The molecule has 1 N–H and O–H groups in total. The number of hydrogen-bond donors (Lipinski definition) is 1. The van der Waals surface area contributed by atoms with Crippen LogP contribution in [0.2, 0.25) is 5.02 Å². The van der Waals surface area contributed by atoms with Crippen molar-refractivity contribution in [2.45, 2.75) is 51.0 Å². The summed E-state index contributed by atoms with van der Waals surface area (Å²) in [4.78, 5) is 11.7. The van der Waals surface area contributed by atoms with Gasteiger partial charge in [0, 0.05) is 34.9 Å². The minimum absolute atomic E-state index is 0.0966. The molecule has 10 heteroatoms. The van der Waals surface area contributed by atoms with Crippen molar-refractivity contribution in [2.75, 3.05) is 19.7 Å². The quantitative estimate of drug-likeness (QED) is 0.255. The second-order valence-electron chi connectivity index (χ2n) is 9.21. The number of benzene rings is 1. The summed E-state index contributed by atoms with van der Waals surface area (Å²) >= 11 is 5.83. The van der Waals surface area contributed by atoms with Crippen LogP contribution in [0.5, 0.6) is 5.88 Å². The zero-order chi connectivity index (χ0) is 24.9. The molecule has 8 nitrogen and oxygen atoms in total. The zero-order valence-electron chi connectivity index (χ0n) is 19.9. The van der Waals surface area contributed by atoms with Gasteiger partial charge in [0.05, 0.1) is 37.3 Å². The molecule has 0 radical (unpaired) electrons. The summed E-state index contributed by atoms with van der Waals surface area (Å²) in [6.45, 7) is 4.17. The average molecular weight is 514 g/mol. The Morgan fingerprint density at radius 1 is 1.22 bits per heavy atom. The maximum atomic E-state index is 14.0. The average Bonchev–Trinajstić information content (AvgIpc) is 3.22. The van der Waals surface area contributed by atoms with E-state index in [1.807, 2.05) is 12.1 Å². The lowest BCUT2D eigenvalue weighted by Crippen LogP contribution is -2.35. The van der Waals surface area contributed by atoms with Gasteiger partial charge in [0.25, 0.3) is 0 Å². The third kappa shape index (κ3) is 5.86. The molecule has 2 saturated heterocycles. The van der Waals surface area contributed by atoms with Crippen molar-refractivity contribution >= 4 is 17.8 Å². The third-order valence-electron chi connectivity index (χ3n) is 6.85. The number of halogens is 2. The Kier molecular flexibility index (Phi) is 7.79. The number of aromatic nitrogens is 3. The number of piperidine rings is 1. The summed E-state index contributed by atoms with van der Waals surface area (Å²) in [5.74, 6) is 1.38. The highest BCUT2D eigenvalue weighted by atomic mass is 35.5. The predicted octanol–water partition coefficient (Wildman–Crippen LogP) is 4.63. The summed E-state index contributed by atoms with van der Waals surface area (Å²) in [5, 5.41) is 12.5. The molecule has 3 aromatic rings. The van der Waals surface area contributed by atoms with E-state index >= 15 is 0 Å². The van der Waals surface area contributed by atoms with Crippen LogP contribution in [0, 0.1) is 5.82 Å². The molecule has 190 valence electrons. The molecule has 4 heterocycles. The lowest BCUT2D eigenvalue weighted by molar-refractivity contribution is -0.0598. The van der Waals surface area contributed by atoms with Gasteiger partial charge in [0.15, 0.2) is 0 Å². The smallest absolute Gasteiger partial charge is 0.213 e. The molecule has 5 rings (SSSR count). The van der Waals surface area contributed by atoms with Crippen molar-refractivity contribution in [2.24, 2.45) is 5.16 Å². The molecular formula is C26H29ClFN5O3. The van der Waals surface area contributed by atoms with Crippen molar-refractivity contribution in [3.05, 3.63) is 76.2 Å². The molecule has 0 saturated carbocycles. The lowest BCUT2D eigenvalue weighted by atomic mass is 9.93. The van der Waals surface area contributed by atoms with Crippen molar-refractivity contribution in [1.29, 1.82) is 0 Å². The first-order valence-corrected chi connectivity index (χ1v) is 12.6. The molecule has 36 heavy (non-hydrogen) atoms. The van der Waals surface area contributed by atoms with E-state index in [2.05, 4.69) is 19.6 Å². The van der Waals surface area contributed by atoms with Crippen LogP contribution in [-0.4, -0.2) is 56.7 Å². The van der Waals surface area contributed by atoms with Gasteiger partial charge in [-0.15, -0.1) is 0 Å². The molecule has 2 aliphatic heterocycles. The van der Waals surface area contributed by atoms with E-state index < -0.39 is 0 Å². The summed E-state index contributed by atoms with van der Waals surface area (Å²) in [5.41, 5.74) is 2.21. The highest BCUT2D eigenvalue weighted by Crippen LogP contribution is 2.29. The monoisotopic (exact) mass is 513 g/mol. The van der Waals surface area contributed by atoms with Crippen LogP contribution >= 0.6 is 11.6 Å². The van der Waals surface area contributed by atoms with Crippen LogP contribution in [0.3, 0.4) is 0 Å². The van der Waals surface area contributed by atoms with Crippen molar-refractivity contribution in [3.8, 4) is 5.88 Å². The second kappa shape index (κ2) is 11.4. The summed E-state index contributed by atoms with van der Waals surface area (Å²) < 4.78 is 27.5. The van der Waals surface area contributed by atoms with Crippen LogP contribution in [0.15, 0.2) is 47.8 Å². The van der Waals surface area contributed by atoms with Crippen LogP contribution in [0.25, 0.3) is 0 Å². The Hall–Kier alpha value is -3.01. The maximum Gasteiger partial charge on any atom is 0.213 e. The largest absolute Gasteiger partial charge is 0.473 e. The zero-order valence-corrected chi connectivity index (χ0v) is 20.6. The molecule has 2 fully saturated rings. The Balaban J connectivity index is 1.17. The van der Waals surface area contributed by atoms with E-state index in [-0.39, 0.29) is 18.5 Å². The number of hydrogen-bond acceptors (Lipinski definition) is 7. The number of pyridine rings is 1. The van der Waals surface area contributed by atoms with Crippen LogP contribution < -0.4 is 4.74 Å². The van der Waals surface area contributed by atoms with E-state index in [0.717, 1.165) is 62.7 Å². The molecule has 0 spiro atoms. The molecule has 1 unspecified atom stereocenters. The molecule has 2 aromatic heterocycles. The van der Waals surface area contributed by atoms with Crippen LogP contribution in [0.4, 0.5) is 4.39 Å². The van der Waals surface area contributed by atoms with Crippen molar-refractivity contribution in [3.63, 3.8) is 0 Å². The van der Waals surface area contributed by atoms with E-state index in [4.69, 9.17) is 31.3 Å². The van der Waals surface area contributed by atoms with E-state index in [1.54, 1.807) is 24.4 Å². The first-order chi connectivity index (χ1) is 17.6. The number of rotatable bonds is 9. The van der Waals surface area contributed by atoms with E-state index in [9.17, 15) is 4.39 Å². The maximum absolute atomic E-state index is 14.0. The Labute approximate surface area is 214 Å². The van der Waals surface area contributed by atoms with Gasteiger partial charge in [-0.2, -0.15) is 0 Å². The van der Waals surface area contributed by atoms with Gasteiger partial charge in [0.2, 0.25) is 5.88 Å². The molecule has 1 aromatic carbocycles. The molecule has 0 bridgehead atoms. The summed E-state index contributed by atoms with van der Waals surface area (Å²) in [6, 6.07) is 10.3. The molecule has 2 aliphatic rings. The number of oxime groups is 1. The molecule has 0 aliphatic carbocycles. The second-order valence-corrected chi connectivity index (χ2v) is 9.65. The van der Waals surface area contributed by atoms with Gasteiger partial charge in [-0.25, -0.2) is 14.4 Å². The Bertz CT molecular complexity index is 1210. The first-order valence-electron chi connectivity index (χ1n) is 12.2. The van der Waals surface area contributed by atoms with Crippen LogP contribution in [0.1, 0.15) is 48.0 Å². The number of nitrogens with zero attached hydrogens (tertiary/aromatic N) is 5. The van der Waals surface area contributed by atoms with Crippen molar-refractivity contribution in [1.82, 2.24) is 19.4 Å². The minimum Gasteiger partial charge on any atom is -0.473 e. The summed E-state index contributed by atoms with van der Waals surface area (Å²) in [6.07, 6.45) is 6.32. The van der Waals surface area contributed by atoms with Gasteiger partial charge in [-0.3, -0.25) is 4.90 Å². The van der Waals surface area contributed by atoms with Crippen LogP contribution in [-0.2, 0) is 24.4 Å². The fourth-order valence-corrected chi connectivity index (χ4v) is 4.83. The number of likely N-dealkylation sites (tertiary alicyclic amines) is 1. The highest BCUT2D eigenvalue weighted by molar-refractivity contribution is 6.30. The van der Waals surface area contributed by atoms with Gasteiger partial charge in [0.1, 0.15) is 18.2 Å². The fraction of sp³-hybridized carbons (Fsp3) is 0.423. The molecule has 0 amide bonds. The van der Waals surface area contributed by atoms with Gasteiger partial charge in [-0.05, 0) is 50.6 Å². The van der Waals surface area contributed by atoms with Gasteiger partial charge >= 0.3 is 0 Å². The third-order valence-corrected chi connectivity index (χ3v) is 7.08. The normalized spacial score (nSPS) is 19.0.